The van der Waals surface area contributed by atoms with Crippen molar-refractivity contribution < 1.29 is 9.59 Å². The third-order valence-corrected chi connectivity index (χ3v) is 2.30. The third kappa shape index (κ3) is 4.26. The average Bonchev–Trinajstić information content (AvgIpc) is 2.25. The van der Waals surface area contributed by atoms with Crippen LogP contribution in [0.1, 0.15) is 36.2 Å². The molecule has 0 unspecified atom stereocenters. The zero-order valence-corrected chi connectivity index (χ0v) is 10.4. The summed E-state index contributed by atoms with van der Waals surface area (Å²) in [6.45, 7) is 5.75. The molecule has 0 aliphatic heterocycles. The minimum absolute atomic E-state index is 0.179. The van der Waals surface area contributed by atoms with Gasteiger partial charge in [0.15, 0.2) is 0 Å². The molecular formula is C13H18N2O2. The first-order chi connectivity index (χ1) is 8.00. The minimum atomic E-state index is -0.291. The van der Waals surface area contributed by atoms with Gasteiger partial charge >= 0.3 is 0 Å². The SMILES string of the molecule is Cc1ccccc1C(=O)NNC(=O)CC(C)C. The zero-order chi connectivity index (χ0) is 12.8. The molecule has 17 heavy (non-hydrogen) atoms. The highest BCUT2D eigenvalue weighted by molar-refractivity contribution is 5.96. The van der Waals surface area contributed by atoms with Gasteiger partial charge in [-0.3, -0.25) is 20.4 Å². The summed E-state index contributed by atoms with van der Waals surface area (Å²) in [7, 11) is 0. The molecule has 92 valence electrons. The number of aryl methyl sites for hydroxylation is 1. The first kappa shape index (κ1) is 13.2. The van der Waals surface area contributed by atoms with Gasteiger partial charge in [0, 0.05) is 12.0 Å². The predicted molar refractivity (Wildman–Crippen MR) is 66.2 cm³/mol. The third-order valence-electron chi connectivity index (χ3n) is 2.30. The second kappa shape index (κ2) is 6.03. The van der Waals surface area contributed by atoms with Crippen LogP contribution < -0.4 is 10.9 Å². The molecule has 0 saturated heterocycles. The van der Waals surface area contributed by atoms with Crippen molar-refractivity contribution in [2.45, 2.75) is 27.2 Å². The van der Waals surface area contributed by atoms with Gasteiger partial charge in [0.25, 0.3) is 5.91 Å². The van der Waals surface area contributed by atoms with Crippen molar-refractivity contribution in [3.8, 4) is 0 Å². The summed E-state index contributed by atoms with van der Waals surface area (Å²) in [6.07, 6.45) is 0.397. The van der Waals surface area contributed by atoms with Gasteiger partial charge in [-0.15, -0.1) is 0 Å². The van der Waals surface area contributed by atoms with Gasteiger partial charge in [-0.05, 0) is 24.5 Å². The van der Waals surface area contributed by atoms with Crippen LogP contribution in [0.5, 0.6) is 0 Å². The monoisotopic (exact) mass is 234 g/mol. The molecule has 0 atom stereocenters. The molecule has 4 heteroatoms. The van der Waals surface area contributed by atoms with Crippen LogP contribution in [0.15, 0.2) is 24.3 Å². The summed E-state index contributed by atoms with van der Waals surface area (Å²) in [6, 6.07) is 7.23. The molecule has 0 aliphatic carbocycles. The van der Waals surface area contributed by atoms with E-state index in [1.807, 2.05) is 32.9 Å². The number of hydrogen-bond donors (Lipinski definition) is 2. The zero-order valence-electron chi connectivity index (χ0n) is 10.4. The smallest absolute Gasteiger partial charge is 0.269 e. The van der Waals surface area contributed by atoms with Crippen molar-refractivity contribution in [1.82, 2.24) is 10.9 Å². The van der Waals surface area contributed by atoms with E-state index in [-0.39, 0.29) is 17.7 Å². The molecule has 0 aliphatic rings. The Hall–Kier alpha value is -1.84. The fraction of sp³-hybridized carbons (Fsp3) is 0.385. The molecule has 1 rings (SSSR count). The van der Waals surface area contributed by atoms with Crippen molar-refractivity contribution in [3.63, 3.8) is 0 Å². The number of amides is 2. The summed E-state index contributed by atoms with van der Waals surface area (Å²) in [5.41, 5.74) is 6.25. The average molecular weight is 234 g/mol. The summed E-state index contributed by atoms with van der Waals surface area (Å²) >= 11 is 0. The standard InChI is InChI=1S/C13H18N2O2/c1-9(2)8-12(16)14-15-13(17)11-7-5-4-6-10(11)3/h4-7,9H,8H2,1-3H3,(H,14,16)(H,15,17). The Balaban J connectivity index is 2.51. The van der Waals surface area contributed by atoms with Crippen molar-refractivity contribution >= 4 is 11.8 Å². The van der Waals surface area contributed by atoms with Crippen LogP contribution in [0.3, 0.4) is 0 Å². The molecule has 0 saturated carbocycles. The lowest BCUT2D eigenvalue weighted by atomic mass is 10.1. The second-order valence-electron chi connectivity index (χ2n) is 4.42. The first-order valence-corrected chi connectivity index (χ1v) is 5.65. The van der Waals surface area contributed by atoms with E-state index >= 15 is 0 Å². The van der Waals surface area contributed by atoms with Crippen molar-refractivity contribution in [1.29, 1.82) is 0 Å². The maximum absolute atomic E-state index is 11.7. The maximum atomic E-state index is 11.7. The number of carbonyl (C=O) groups excluding carboxylic acids is 2. The van der Waals surface area contributed by atoms with Crippen LogP contribution in [0.25, 0.3) is 0 Å². The molecule has 2 amide bonds. The molecule has 4 nitrogen and oxygen atoms in total. The van der Waals surface area contributed by atoms with E-state index in [4.69, 9.17) is 0 Å². The van der Waals surface area contributed by atoms with Gasteiger partial charge in [-0.1, -0.05) is 32.0 Å². The Morgan fingerprint density at radius 1 is 1.18 bits per heavy atom. The van der Waals surface area contributed by atoms with E-state index in [0.29, 0.717) is 12.0 Å². The number of rotatable bonds is 3. The molecule has 0 bridgehead atoms. The number of nitrogens with one attached hydrogen (secondary N) is 2. The number of benzene rings is 1. The molecule has 2 N–H and O–H groups in total. The van der Waals surface area contributed by atoms with E-state index in [1.54, 1.807) is 12.1 Å². The highest BCUT2D eigenvalue weighted by Crippen LogP contribution is 2.05. The van der Waals surface area contributed by atoms with Crippen molar-refractivity contribution in [3.05, 3.63) is 35.4 Å². The quantitative estimate of drug-likeness (QED) is 0.783. The Kier molecular flexibility index (Phi) is 4.69. The van der Waals surface area contributed by atoms with Gasteiger partial charge < -0.3 is 0 Å². The summed E-state index contributed by atoms with van der Waals surface area (Å²) in [5, 5.41) is 0. The second-order valence-corrected chi connectivity index (χ2v) is 4.42. The van der Waals surface area contributed by atoms with Crippen molar-refractivity contribution in [2.75, 3.05) is 0 Å². The lowest BCUT2D eigenvalue weighted by molar-refractivity contribution is -0.122. The Labute approximate surface area is 101 Å². The molecule has 0 heterocycles. The van der Waals surface area contributed by atoms with E-state index in [1.165, 1.54) is 0 Å². The van der Waals surface area contributed by atoms with Gasteiger partial charge in [-0.25, -0.2) is 0 Å². The first-order valence-electron chi connectivity index (χ1n) is 5.65. The lowest BCUT2D eigenvalue weighted by Crippen LogP contribution is -2.42. The Bertz CT molecular complexity index is 414. The van der Waals surface area contributed by atoms with Gasteiger partial charge in [0.1, 0.15) is 0 Å². The van der Waals surface area contributed by atoms with Gasteiger partial charge in [0.2, 0.25) is 5.91 Å². The molecular weight excluding hydrogens is 216 g/mol. The molecule has 0 aromatic heterocycles. The molecule has 0 spiro atoms. The summed E-state index contributed by atoms with van der Waals surface area (Å²) in [5.74, 6) is -0.201. The van der Waals surface area contributed by atoms with Crippen LogP contribution in [-0.4, -0.2) is 11.8 Å². The van der Waals surface area contributed by atoms with Crippen LogP contribution in [-0.2, 0) is 4.79 Å². The summed E-state index contributed by atoms with van der Waals surface area (Å²) in [4.78, 5) is 23.1. The number of hydrogen-bond acceptors (Lipinski definition) is 2. The fourth-order valence-electron chi connectivity index (χ4n) is 1.44. The normalized spacial score (nSPS) is 10.1. The van der Waals surface area contributed by atoms with E-state index in [9.17, 15) is 9.59 Å². The molecule has 1 aromatic rings. The fourth-order valence-corrected chi connectivity index (χ4v) is 1.44. The van der Waals surface area contributed by atoms with Crippen LogP contribution in [0.2, 0.25) is 0 Å². The maximum Gasteiger partial charge on any atom is 0.269 e. The van der Waals surface area contributed by atoms with Crippen LogP contribution in [0, 0.1) is 12.8 Å². The highest BCUT2D eigenvalue weighted by Gasteiger charge is 2.09. The van der Waals surface area contributed by atoms with Crippen LogP contribution >= 0.6 is 0 Å². The van der Waals surface area contributed by atoms with E-state index in [0.717, 1.165) is 5.56 Å². The Morgan fingerprint density at radius 2 is 1.82 bits per heavy atom. The summed E-state index contributed by atoms with van der Waals surface area (Å²) < 4.78 is 0. The molecule has 1 aromatic carbocycles. The van der Waals surface area contributed by atoms with Gasteiger partial charge in [-0.2, -0.15) is 0 Å². The Morgan fingerprint density at radius 3 is 2.41 bits per heavy atom. The number of hydrazine groups is 1. The lowest BCUT2D eigenvalue weighted by Gasteiger charge is -2.09. The van der Waals surface area contributed by atoms with Gasteiger partial charge in [0.05, 0.1) is 0 Å². The van der Waals surface area contributed by atoms with Crippen LogP contribution in [0.4, 0.5) is 0 Å². The molecule has 0 fully saturated rings. The highest BCUT2D eigenvalue weighted by atomic mass is 16.2. The van der Waals surface area contributed by atoms with Crippen molar-refractivity contribution in [2.24, 2.45) is 5.92 Å². The molecule has 0 radical (unpaired) electrons. The number of carbonyl (C=O) groups is 2. The minimum Gasteiger partial charge on any atom is -0.273 e. The predicted octanol–water partition coefficient (Wildman–Crippen LogP) is 1.80. The van der Waals surface area contributed by atoms with E-state index < -0.39 is 0 Å². The topological polar surface area (TPSA) is 58.2 Å². The van der Waals surface area contributed by atoms with E-state index in [2.05, 4.69) is 10.9 Å². The largest absolute Gasteiger partial charge is 0.273 e.